The lowest BCUT2D eigenvalue weighted by molar-refractivity contribution is -0.154. The molecule has 0 aromatic heterocycles. The van der Waals surface area contributed by atoms with Crippen LogP contribution in [0.3, 0.4) is 0 Å². The monoisotopic (exact) mass is 546 g/mol. The Labute approximate surface area is 230 Å². The van der Waals surface area contributed by atoms with Crippen LogP contribution in [-0.4, -0.2) is 69.3 Å². The largest absolute Gasteiger partial charge is 0.481 e. The molecular formula is C30H42O9. The van der Waals surface area contributed by atoms with Crippen LogP contribution >= 0.6 is 0 Å². The van der Waals surface area contributed by atoms with E-state index >= 15 is 0 Å². The molecule has 6 rings (SSSR count). The van der Waals surface area contributed by atoms with Crippen molar-refractivity contribution < 1.29 is 43.9 Å². The predicted octanol–water partition coefficient (Wildman–Crippen LogP) is 3.97. The van der Waals surface area contributed by atoms with E-state index < -0.39 is 28.9 Å². The molecule has 3 aliphatic carbocycles. The summed E-state index contributed by atoms with van der Waals surface area (Å²) < 4.78 is 16.4. The second kappa shape index (κ2) is 10.7. The van der Waals surface area contributed by atoms with Gasteiger partial charge in [-0.15, -0.1) is 0 Å². The van der Waals surface area contributed by atoms with Crippen LogP contribution in [0.4, 0.5) is 0 Å². The number of epoxide rings is 3. The fraction of sp³-hybridized carbons (Fsp3) is 0.833. The molecule has 3 saturated heterocycles. The zero-order valence-corrected chi connectivity index (χ0v) is 23.1. The lowest BCUT2D eigenvalue weighted by atomic mass is 9.62. The molecular weight excluding hydrogens is 504 g/mol. The molecule has 2 saturated carbocycles. The second-order valence-electron chi connectivity index (χ2n) is 13.1. The minimum absolute atomic E-state index is 0.0388. The minimum Gasteiger partial charge on any atom is -0.481 e. The highest BCUT2D eigenvalue weighted by Gasteiger charge is 2.63. The SMILES string of the molecule is CC1C#CC2(C(=O)O)OC2C1.CC1CC2OC2CC1CC(CCCC(=O)O)(CC1CC2OC2CC1C)C(=O)O. The van der Waals surface area contributed by atoms with Gasteiger partial charge in [0.05, 0.1) is 29.8 Å². The summed E-state index contributed by atoms with van der Waals surface area (Å²) in [6.45, 7) is 6.41. The minimum atomic E-state index is -1.12. The highest BCUT2D eigenvalue weighted by molar-refractivity contribution is 5.86. The fourth-order valence-corrected chi connectivity index (χ4v) is 7.45. The van der Waals surface area contributed by atoms with Crippen molar-refractivity contribution in [3.63, 3.8) is 0 Å². The molecule has 3 aliphatic heterocycles. The summed E-state index contributed by atoms with van der Waals surface area (Å²) in [5, 5.41) is 28.1. The Kier molecular flexibility index (Phi) is 7.77. The Bertz CT molecular complexity index is 1010. The van der Waals surface area contributed by atoms with E-state index in [0.29, 0.717) is 73.8 Å². The molecule has 3 N–H and O–H groups in total. The van der Waals surface area contributed by atoms with Crippen LogP contribution in [0, 0.1) is 46.8 Å². The molecule has 9 nitrogen and oxygen atoms in total. The third-order valence-electron chi connectivity index (χ3n) is 10.2. The highest BCUT2D eigenvalue weighted by Crippen LogP contribution is 2.52. The highest BCUT2D eigenvalue weighted by atomic mass is 16.6. The summed E-state index contributed by atoms with van der Waals surface area (Å²) in [5.41, 5.74) is -1.96. The van der Waals surface area contributed by atoms with E-state index in [-0.39, 0.29) is 18.4 Å². The zero-order chi connectivity index (χ0) is 28.1. The van der Waals surface area contributed by atoms with Crippen molar-refractivity contribution >= 4 is 17.9 Å². The van der Waals surface area contributed by atoms with Gasteiger partial charge in [-0.2, -0.15) is 0 Å². The van der Waals surface area contributed by atoms with Gasteiger partial charge in [-0.05, 0) is 81.5 Å². The van der Waals surface area contributed by atoms with Crippen LogP contribution in [-0.2, 0) is 28.6 Å². The Hall–Kier alpha value is -2.15. The number of hydrogen-bond donors (Lipinski definition) is 3. The van der Waals surface area contributed by atoms with Crippen LogP contribution in [0.15, 0.2) is 0 Å². The van der Waals surface area contributed by atoms with Crippen molar-refractivity contribution in [2.24, 2.45) is 35.0 Å². The lowest BCUT2D eigenvalue weighted by Crippen LogP contribution is -2.40. The summed E-state index contributed by atoms with van der Waals surface area (Å²) in [4.78, 5) is 34.3. The molecule has 11 unspecified atom stereocenters. The fourth-order valence-electron chi connectivity index (χ4n) is 7.45. The lowest BCUT2D eigenvalue weighted by Gasteiger charge is -2.40. The molecule has 0 spiro atoms. The van der Waals surface area contributed by atoms with Crippen molar-refractivity contribution in [3.05, 3.63) is 0 Å². The quantitative estimate of drug-likeness (QED) is 0.273. The molecule has 6 aliphatic rings. The van der Waals surface area contributed by atoms with Crippen molar-refractivity contribution in [1.82, 2.24) is 0 Å². The number of ether oxygens (including phenoxy) is 3. The number of carbonyl (C=O) groups is 3. The molecule has 5 fully saturated rings. The number of fused-ring (bicyclic) bond motifs is 3. The van der Waals surface area contributed by atoms with Crippen molar-refractivity contribution in [2.75, 3.05) is 0 Å². The van der Waals surface area contributed by atoms with Gasteiger partial charge in [0, 0.05) is 12.3 Å². The number of carboxylic acids is 3. The molecule has 0 aromatic rings. The normalized spacial score (nSPS) is 43.9. The summed E-state index contributed by atoms with van der Waals surface area (Å²) in [7, 11) is 0. The van der Waals surface area contributed by atoms with Gasteiger partial charge in [-0.1, -0.05) is 32.6 Å². The van der Waals surface area contributed by atoms with Gasteiger partial charge >= 0.3 is 17.9 Å². The van der Waals surface area contributed by atoms with Gasteiger partial charge in [0.1, 0.15) is 6.10 Å². The second-order valence-corrected chi connectivity index (χ2v) is 13.1. The average Bonchev–Trinajstić information content (AvgIpc) is 3.74. The maximum Gasteiger partial charge on any atom is 0.351 e. The Morgan fingerprint density at radius 1 is 0.846 bits per heavy atom. The van der Waals surface area contributed by atoms with Crippen LogP contribution < -0.4 is 0 Å². The molecule has 0 bridgehead atoms. The molecule has 9 heteroatoms. The topological polar surface area (TPSA) is 149 Å². The van der Waals surface area contributed by atoms with Crippen molar-refractivity contribution in [3.8, 4) is 11.8 Å². The summed E-state index contributed by atoms with van der Waals surface area (Å²) in [5.74, 6) is 4.83. The van der Waals surface area contributed by atoms with Crippen LogP contribution in [0.1, 0.15) is 85.0 Å². The van der Waals surface area contributed by atoms with E-state index in [4.69, 9.17) is 24.4 Å². The van der Waals surface area contributed by atoms with Gasteiger partial charge in [-0.3, -0.25) is 9.59 Å². The number of aliphatic carboxylic acids is 3. The van der Waals surface area contributed by atoms with Crippen molar-refractivity contribution in [2.45, 2.75) is 121 Å². The van der Waals surface area contributed by atoms with Gasteiger partial charge in [0.15, 0.2) is 0 Å². The molecule has 3 heterocycles. The first kappa shape index (κ1) is 28.4. The first-order valence-electron chi connectivity index (χ1n) is 14.6. The van der Waals surface area contributed by atoms with Gasteiger partial charge in [0.2, 0.25) is 0 Å². The number of hydrogen-bond acceptors (Lipinski definition) is 6. The Balaban J connectivity index is 0.000000233. The third-order valence-corrected chi connectivity index (χ3v) is 10.2. The van der Waals surface area contributed by atoms with E-state index in [1.807, 2.05) is 6.92 Å². The van der Waals surface area contributed by atoms with Gasteiger partial charge < -0.3 is 29.5 Å². The van der Waals surface area contributed by atoms with E-state index in [9.17, 15) is 19.5 Å². The number of rotatable bonds is 10. The van der Waals surface area contributed by atoms with E-state index in [1.54, 1.807) is 0 Å². The van der Waals surface area contributed by atoms with E-state index in [0.717, 1.165) is 32.1 Å². The molecule has 0 aromatic carbocycles. The molecule has 0 amide bonds. The van der Waals surface area contributed by atoms with Crippen molar-refractivity contribution in [1.29, 1.82) is 0 Å². The third kappa shape index (κ3) is 6.13. The maximum absolute atomic E-state index is 12.6. The maximum atomic E-state index is 12.6. The summed E-state index contributed by atoms with van der Waals surface area (Å²) in [6, 6.07) is 0. The molecule has 0 radical (unpaired) electrons. The Morgan fingerprint density at radius 3 is 1.85 bits per heavy atom. The van der Waals surface area contributed by atoms with Crippen LogP contribution in [0.5, 0.6) is 0 Å². The van der Waals surface area contributed by atoms with Gasteiger partial charge in [-0.25, -0.2) is 4.79 Å². The standard InChI is InChI=1S/C22H34O6.C8H8O3/c1-12-6-16-18(27-16)8-14(12)10-22(21(25)26,5-3-4-20(23)24)11-15-9-19-17(28-19)7-13(15)2;1-5-2-3-8(7(9)10)6(4-5)11-8/h12-19H,3-11H2,1-2H3,(H,23,24)(H,25,26);5-6H,4H2,1H3,(H,9,10). The first-order chi connectivity index (χ1) is 18.4. The molecule has 39 heavy (non-hydrogen) atoms. The summed E-state index contributed by atoms with van der Waals surface area (Å²) >= 11 is 0. The predicted molar refractivity (Wildman–Crippen MR) is 139 cm³/mol. The van der Waals surface area contributed by atoms with E-state index in [2.05, 4.69) is 25.7 Å². The van der Waals surface area contributed by atoms with Gasteiger partial charge in [0.25, 0.3) is 5.60 Å². The average molecular weight is 547 g/mol. The zero-order valence-electron chi connectivity index (χ0n) is 23.1. The molecule has 11 atom stereocenters. The van der Waals surface area contributed by atoms with Crippen LogP contribution in [0.2, 0.25) is 0 Å². The summed E-state index contributed by atoms with van der Waals surface area (Å²) in [6.07, 6.45) is 8.17. The first-order valence-corrected chi connectivity index (χ1v) is 14.6. The number of carboxylic acid groups (broad SMARTS) is 3. The van der Waals surface area contributed by atoms with Crippen LogP contribution in [0.25, 0.3) is 0 Å². The van der Waals surface area contributed by atoms with E-state index in [1.165, 1.54) is 0 Å². The smallest absolute Gasteiger partial charge is 0.351 e. The molecule has 216 valence electrons. The Morgan fingerprint density at radius 2 is 1.38 bits per heavy atom.